The zero-order valence-corrected chi connectivity index (χ0v) is 17.6. The molecule has 1 heterocycles. The SMILES string of the molecule is CC=CCO[C@H]1CO[C@H](c2ccc(C34CCC(CCC)(CC3)CC4)cc2)CO1. The van der Waals surface area contributed by atoms with Crippen LogP contribution in [0.15, 0.2) is 36.4 Å². The van der Waals surface area contributed by atoms with Crippen LogP contribution in [0.1, 0.15) is 82.4 Å². The monoisotopic (exact) mass is 384 g/mol. The Kier molecular flexibility index (Phi) is 6.24. The Labute approximate surface area is 170 Å². The van der Waals surface area contributed by atoms with Crippen LogP contribution >= 0.6 is 0 Å². The summed E-state index contributed by atoms with van der Waals surface area (Å²) in [5, 5.41) is 0. The summed E-state index contributed by atoms with van der Waals surface area (Å²) < 4.78 is 17.5. The topological polar surface area (TPSA) is 27.7 Å². The lowest BCUT2D eigenvalue weighted by atomic mass is 9.51. The van der Waals surface area contributed by atoms with Gasteiger partial charge in [0.2, 0.25) is 0 Å². The van der Waals surface area contributed by atoms with Crippen molar-refractivity contribution in [2.24, 2.45) is 5.41 Å². The molecule has 0 unspecified atom stereocenters. The zero-order valence-electron chi connectivity index (χ0n) is 17.6. The first kappa shape index (κ1) is 20.1. The van der Waals surface area contributed by atoms with Gasteiger partial charge in [0.15, 0.2) is 6.29 Å². The molecule has 28 heavy (non-hydrogen) atoms. The van der Waals surface area contributed by atoms with Gasteiger partial charge in [0.25, 0.3) is 0 Å². The van der Waals surface area contributed by atoms with Crippen molar-refractivity contribution >= 4 is 0 Å². The standard InChI is InChI=1S/C25H36O3/c1-3-5-17-26-23-19-27-22(18-28-23)20-6-8-21(9-7-20)25-14-11-24(10-4-2,12-15-25)13-16-25/h3,5-9,22-23H,4,10-19H2,1-2H3/t22-,23+,24?,25?/m0/s1. The van der Waals surface area contributed by atoms with Crippen LogP contribution in [-0.4, -0.2) is 26.1 Å². The van der Waals surface area contributed by atoms with E-state index in [1.54, 1.807) is 5.56 Å². The zero-order chi connectivity index (χ0) is 19.5. The highest BCUT2D eigenvalue weighted by atomic mass is 16.7. The van der Waals surface area contributed by atoms with Crippen molar-refractivity contribution in [3.8, 4) is 0 Å². The van der Waals surface area contributed by atoms with Gasteiger partial charge in [-0.25, -0.2) is 0 Å². The smallest absolute Gasteiger partial charge is 0.181 e. The number of hydrogen-bond acceptors (Lipinski definition) is 3. The van der Waals surface area contributed by atoms with Crippen molar-refractivity contribution in [1.82, 2.24) is 0 Å². The highest BCUT2D eigenvalue weighted by Crippen LogP contribution is 2.59. The normalized spacial score (nSPS) is 35.5. The maximum Gasteiger partial charge on any atom is 0.181 e. The highest BCUT2D eigenvalue weighted by Gasteiger charge is 2.48. The number of rotatable bonds is 7. The van der Waals surface area contributed by atoms with E-state index in [-0.39, 0.29) is 12.4 Å². The molecule has 0 radical (unpaired) electrons. The molecule has 2 bridgehead atoms. The van der Waals surface area contributed by atoms with E-state index >= 15 is 0 Å². The largest absolute Gasteiger partial charge is 0.366 e. The van der Waals surface area contributed by atoms with Crippen LogP contribution in [0.25, 0.3) is 0 Å². The number of ether oxygens (including phenoxy) is 3. The molecule has 4 fully saturated rings. The number of allylic oxidation sites excluding steroid dienone is 1. The Balaban J connectivity index is 1.34. The summed E-state index contributed by atoms with van der Waals surface area (Å²) in [6.07, 6.45) is 14.9. The van der Waals surface area contributed by atoms with E-state index in [1.807, 2.05) is 19.1 Å². The van der Waals surface area contributed by atoms with Gasteiger partial charge in [-0.1, -0.05) is 49.8 Å². The Morgan fingerprint density at radius 2 is 1.71 bits per heavy atom. The van der Waals surface area contributed by atoms with Gasteiger partial charge in [0, 0.05) is 0 Å². The maximum absolute atomic E-state index is 6.02. The molecule has 0 spiro atoms. The first-order valence-corrected chi connectivity index (χ1v) is 11.3. The number of benzene rings is 1. The van der Waals surface area contributed by atoms with Crippen LogP contribution in [-0.2, 0) is 19.6 Å². The predicted molar refractivity (Wildman–Crippen MR) is 112 cm³/mol. The van der Waals surface area contributed by atoms with Gasteiger partial charge < -0.3 is 14.2 Å². The summed E-state index contributed by atoms with van der Waals surface area (Å²) in [4.78, 5) is 0. The molecule has 4 aliphatic rings. The Morgan fingerprint density at radius 3 is 2.29 bits per heavy atom. The van der Waals surface area contributed by atoms with Gasteiger partial charge in [-0.15, -0.1) is 0 Å². The molecule has 3 nitrogen and oxygen atoms in total. The van der Waals surface area contributed by atoms with Crippen molar-refractivity contribution < 1.29 is 14.2 Å². The summed E-state index contributed by atoms with van der Waals surface area (Å²) in [5.74, 6) is 0. The fourth-order valence-corrected chi connectivity index (χ4v) is 5.69. The van der Waals surface area contributed by atoms with E-state index in [0.29, 0.717) is 30.7 Å². The van der Waals surface area contributed by atoms with E-state index in [2.05, 4.69) is 31.2 Å². The predicted octanol–water partition coefficient (Wildman–Crippen LogP) is 6.09. The minimum Gasteiger partial charge on any atom is -0.366 e. The lowest BCUT2D eigenvalue weighted by molar-refractivity contribution is -0.232. The summed E-state index contributed by atoms with van der Waals surface area (Å²) in [5.41, 5.74) is 3.88. The first-order chi connectivity index (χ1) is 13.7. The minimum absolute atomic E-state index is 0.0167. The lowest BCUT2D eigenvalue weighted by Crippen LogP contribution is -2.44. The third-order valence-corrected chi connectivity index (χ3v) is 7.56. The summed E-state index contributed by atoms with van der Waals surface area (Å²) in [7, 11) is 0. The summed E-state index contributed by atoms with van der Waals surface area (Å²) >= 11 is 0. The fraction of sp³-hybridized carbons (Fsp3) is 0.680. The van der Waals surface area contributed by atoms with Crippen LogP contribution in [0.3, 0.4) is 0 Å². The average molecular weight is 385 g/mol. The highest BCUT2D eigenvalue weighted by molar-refractivity contribution is 5.32. The molecule has 1 aliphatic heterocycles. The summed E-state index contributed by atoms with van der Waals surface area (Å²) in [6.45, 7) is 5.96. The molecular formula is C25H36O3. The molecule has 1 aromatic rings. The van der Waals surface area contributed by atoms with Crippen LogP contribution < -0.4 is 0 Å². The van der Waals surface area contributed by atoms with E-state index in [1.165, 1.54) is 56.9 Å². The quantitative estimate of drug-likeness (QED) is 0.533. The molecule has 1 aromatic carbocycles. The van der Waals surface area contributed by atoms with Crippen LogP contribution in [0.5, 0.6) is 0 Å². The van der Waals surface area contributed by atoms with Crippen molar-refractivity contribution in [2.75, 3.05) is 19.8 Å². The van der Waals surface area contributed by atoms with Crippen molar-refractivity contribution in [2.45, 2.75) is 83.0 Å². The van der Waals surface area contributed by atoms with Crippen LogP contribution in [0.4, 0.5) is 0 Å². The van der Waals surface area contributed by atoms with Crippen molar-refractivity contribution in [1.29, 1.82) is 0 Å². The van der Waals surface area contributed by atoms with Crippen molar-refractivity contribution in [3.05, 3.63) is 47.5 Å². The molecule has 3 saturated carbocycles. The molecule has 0 N–H and O–H groups in total. The second-order valence-corrected chi connectivity index (χ2v) is 9.14. The third-order valence-electron chi connectivity index (χ3n) is 7.56. The Morgan fingerprint density at radius 1 is 1.00 bits per heavy atom. The minimum atomic E-state index is -0.251. The Hall–Kier alpha value is -1.16. The molecule has 154 valence electrons. The van der Waals surface area contributed by atoms with Gasteiger partial charge in [0.05, 0.1) is 19.8 Å². The van der Waals surface area contributed by atoms with Gasteiger partial charge in [-0.2, -0.15) is 0 Å². The van der Waals surface area contributed by atoms with Crippen LogP contribution in [0.2, 0.25) is 0 Å². The molecule has 0 amide bonds. The lowest BCUT2D eigenvalue weighted by Gasteiger charge is -2.54. The van der Waals surface area contributed by atoms with E-state index in [4.69, 9.17) is 14.2 Å². The molecule has 3 aliphatic carbocycles. The van der Waals surface area contributed by atoms with E-state index in [9.17, 15) is 0 Å². The molecule has 2 atom stereocenters. The molecule has 0 aromatic heterocycles. The van der Waals surface area contributed by atoms with Gasteiger partial charge in [-0.05, 0) is 73.8 Å². The Bertz CT molecular complexity index is 630. The van der Waals surface area contributed by atoms with E-state index in [0.717, 1.165) is 0 Å². The summed E-state index contributed by atoms with van der Waals surface area (Å²) in [6, 6.07) is 9.26. The van der Waals surface area contributed by atoms with Gasteiger partial charge >= 0.3 is 0 Å². The fourth-order valence-electron chi connectivity index (χ4n) is 5.69. The second kappa shape index (κ2) is 8.69. The van der Waals surface area contributed by atoms with Gasteiger partial charge in [0.1, 0.15) is 6.10 Å². The molecule has 5 rings (SSSR count). The first-order valence-electron chi connectivity index (χ1n) is 11.3. The molecule has 1 saturated heterocycles. The van der Waals surface area contributed by atoms with E-state index < -0.39 is 0 Å². The number of fused-ring (bicyclic) bond motifs is 3. The maximum atomic E-state index is 6.02. The average Bonchev–Trinajstić information content (AvgIpc) is 2.76. The number of hydrogen-bond donors (Lipinski definition) is 0. The third kappa shape index (κ3) is 4.08. The van der Waals surface area contributed by atoms with Crippen LogP contribution in [0, 0.1) is 5.41 Å². The van der Waals surface area contributed by atoms with Gasteiger partial charge in [-0.3, -0.25) is 0 Å². The molecular weight excluding hydrogens is 348 g/mol. The van der Waals surface area contributed by atoms with Crippen molar-refractivity contribution in [3.63, 3.8) is 0 Å². The molecule has 3 heteroatoms. The second-order valence-electron chi connectivity index (χ2n) is 9.14.